The molecule has 0 amide bonds. The summed E-state index contributed by atoms with van der Waals surface area (Å²) in [4.78, 5) is 56.1. The molecule has 8 bridgehead atoms. The molecule has 4 aromatic carbocycles. The Labute approximate surface area is 490 Å². The first-order valence-electron chi connectivity index (χ1n) is 26.8. The van der Waals surface area contributed by atoms with Gasteiger partial charge in [0.2, 0.25) is 0 Å². The van der Waals surface area contributed by atoms with Crippen LogP contribution < -0.4 is 44.3 Å². The van der Waals surface area contributed by atoms with Gasteiger partial charge in [-0.3, -0.25) is 13.7 Å². The highest BCUT2D eigenvalue weighted by Crippen LogP contribution is 2.53. The van der Waals surface area contributed by atoms with Gasteiger partial charge in [0.05, 0.1) is 73.3 Å². The van der Waals surface area contributed by atoms with Gasteiger partial charge < -0.3 is 66.6 Å². The Kier molecular flexibility index (Phi) is 18.8. The van der Waals surface area contributed by atoms with Crippen LogP contribution in [0.3, 0.4) is 0 Å². The van der Waals surface area contributed by atoms with Crippen molar-refractivity contribution in [1.29, 1.82) is 0 Å². The van der Waals surface area contributed by atoms with Crippen molar-refractivity contribution in [2.24, 2.45) is 4.99 Å². The lowest BCUT2D eigenvalue weighted by molar-refractivity contribution is 0.287. The molecule has 0 aliphatic carbocycles. The number of aliphatic imine (C=N–C) groups is 1. The van der Waals surface area contributed by atoms with Crippen molar-refractivity contribution >= 4 is 108 Å². The standard InChI is InChI=1S/C60H62N5O15P3S/c1-10-75-55-37(20-31-48(58(55)78-13-4)81(66,67)72-7)52-42-25-23-40(62-42)51(35-16-18-36(19-17-35)61-34-84)41-24-26-43(63-41)53(38-21-32-49(82(68,69)73-8)59(79-14-5)56(38)76-11-2)45-28-30-47(65-45)54(46-29-27-44(52)64-46)39-22-33-50(83(70,71)74-9)60(80-15-6)57(39)77-12-3/h16-33,62,65H,10-15H2,1-9H3,(H,66,67)(H,68,69)(H,70,71). The molecule has 20 nitrogen and oxygen atoms in total. The molecule has 2 aliphatic rings. The number of fused-ring (bicyclic) bond motifs is 8. The SMILES string of the molecule is CCOc1c(-c2c3nc(c(-c4ccc(P(=O)(O)OC)c(OCC)c4OCC)c4ccc([nH]4)c(-c4ccc(P(=O)(O)OC)c(OCC)c4OCC)c4nc(c(-c5ccc(N=C=S)cc5)c5ccc2[nH]5)C=C4)C=C3)ccc(P(=O)(O)OC)c1OCC. The van der Waals surface area contributed by atoms with Gasteiger partial charge in [0.15, 0.2) is 34.5 Å². The van der Waals surface area contributed by atoms with Gasteiger partial charge in [0.1, 0.15) is 15.9 Å². The van der Waals surface area contributed by atoms with Crippen molar-refractivity contribution in [2.75, 3.05) is 61.0 Å². The molecule has 0 radical (unpaired) electrons. The van der Waals surface area contributed by atoms with Crippen LogP contribution in [-0.4, -0.2) is 101 Å². The van der Waals surface area contributed by atoms with E-state index in [0.29, 0.717) is 89.5 Å². The summed E-state index contributed by atoms with van der Waals surface area (Å²) >= 11 is 4.95. The third-order valence-electron chi connectivity index (χ3n) is 13.6. The first-order valence-corrected chi connectivity index (χ1v) is 31.9. The fraction of sp³-hybridized carbons (Fsp3) is 0.250. The number of rotatable bonds is 23. The Bertz CT molecular complexity index is 4050. The molecule has 84 heavy (non-hydrogen) atoms. The molecule has 0 saturated carbocycles. The summed E-state index contributed by atoms with van der Waals surface area (Å²) in [5.74, 6) is 0.396. The first-order chi connectivity index (χ1) is 40.5. The van der Waals surface area contributed by atoms with E-state index < -0.39 is 22.8 Å². The first kappa shape index (κ1) is 61.1. The Hall–Kier alpha value is -7.47. The largest absolute Gasteiger partial charge is 0.489 e. The topological polar surface area (TPSA) is 265 Å². The third kappa shape index (κ3) is 11.7. The average molecular weight is 1220 g/mol. The molecule has 0 saturated heterocycles. The highest BCUT2D eigenvalue weighted by molar-refractivity contribution is 7.78. The molecule has 0 fully saturated rings. The van der Waals surface area contributed by atoms with Crippen LogP contribution in [0.5, 0.6) is 34.5 Å². The van der Waals surface area contributed by atoms with Gasteiger partial charge >= 0.3 is 22.8 Å². The molecule has 5 heterocycles. The third-order valence-corrected chi connectivity index (χ3v) is 18.0. The summed E-state index contributed by atoms with van der Waals surface area (Å²) < 4.78 is 94.6. The Morgan fingerprint density at radius 1 is 0.429 bits per heavy atom. The van der Waals surface area contributed by atoms with Crippen LogP contribution in [0.4, 0.5) is 5.69 Å². The van der Waals surface area contributed by atoms with Crippen molar-refractivity contribution in [3.05, 3.63) is 108 Å². The van der Waals surface area contributed by atoms with Crippen LogP contribution in [0.1, 0.15) is 64.3 Å². The Balaban J connectivity index is 1.55. The predicted octanol–water partition coefficient (Wildman–Crippen LogP) is 12.8. The smallest absolute Gasteiger partial charge is 0.362 e. The van der Waals surface area contributed by atoms with Crippen molar-refractivity contribution < 1.29 is 70.4 Å². The van der Waals surface area contributed by atoms with E-state index in [2.05, 4.69) is 20.1 Å². The van der Waals surface area contributed by atoms with Crippen molar-refractivity contribution in [1.82, 2.24) is 19.9 Å². The van der Waals surface area contributed by atoms with Crippen LogP contribution in [0, 0.1) is 0 Å². The van der Waals surface area contributed by atoms with Gasteiger partial charge in [-0.2, -0.15) is 4.99 Å². The van der Waals surface area contributed by atoms with Gasteiger partial charge in [-0.05, 0) is 156 Å². The van der Waals surface area contributed by atoms with Crippen molar-refractivity contribution in [2.45, 2.75) is 41.5 Å². The second-order valence-corrected chi connectivity index (χ2v) is 24.2. The maximum atomic E-state index is 13.8. The van der Waals surface area contributed by atoms with Crippen LogP contribution in [0.2, 0.25) is 0 Å². The molecule has 24 heteroatoms. The number of hydrogen-bond acceptors (Lipinski definition) is 16. The maximum absolute atomic E-state index is 13.8. The second kappa shape index (κ2) is 25.8. The number of benzene rings is 4. The van der Waals surface area contributed by atoms with Gasteiger partial charge in [-0.15, -0.1) is 0 Å². The quantitative estimate of drug-likeness (QED) is 0.0226. The van der Waals surface area contributed by atoms with Crippen molar-refractivity contribution in [3.63, 3.8) is 0 Å². The number of thiocarbonyl (C=S) groups is 1. The molecular weight excluding hydrogens is 1160 g/mol. The zero-order valence-electron chi connectivity index (χ0n) is 47.5. The van der Waals surface area contributed by atoms with Gasteiger partial charge in [-0.1, -0.05) is 12.1 Å². The number of aromatic nitrogens is 4. The second-order valence-electron chi connectivity index (χ2n) is 18.3. The molecule has 3 unspecified atom stereocenters. The summed E-state index contributed by atoms with van der Waals surface area (Å²) in [6.45, 7) is 11.2. The number of ether oxygens (including phenoxy) is 6. The zero-order chi connectivity index (χ0) is 60.1. The fourth-order valence-corrected chi connectivity index (χ4v) is 12.8. The number of H-pyrrole nitrogens is 2. The van der Waals surface area contributed by atoms with E-state index in [4.69, 9.17) is 64.2 Å². The van der Waals surface area contributed by atoms with Crippen LogP contribution in [0.15, 0.2) is 89.9 Å². The summed E-state index contributed by atoms with van der Waals surface area (Å²) in [6.07, 6.45) is 7.37. The lowest BCUT2D eigenvalue weighted by Gasteiger charge is -2.21. The predicted molar refractivity (Wildman–Crippen MR) is 332 cm³/mol. The summed E-state index contributed by atoms with van der Waals surface area (Å²) in [5.41, 5.74) is 8.43. The number of hydrogen-bond donors (Lipinski definition) is 5. The summed E-state index contributed by atoms with van der Waals surface area (Å²) in [7, 11) is -9.95. The molecule has 5 N–H and O–H groups in total. The minimum absolute atomic E-state index is 0.00232. The van der Waals surface area contributed by atoms with E-state index in [9.17, 15) is 28.4 Å². The lowest BCUT2D eigenvalue weighted by Crippen LogP contribution is -2.14. The van der Waals surface area contributed by atoms with Crippen LogP contribution in [-0.2, 0) is 27.3 Å². The van der Waals surface area contributed by atoms with E-state index in [1.807, 2.05) is 72.8 Å². The van der Waals surface area contributed by atoms with E-state index in [1.165, 1.54) is 18.2 Å². The summed E-state index contributed by atoms with van der Waals surface area (Å²) in [5, 5.41) is 2.08. The minimum Gasteiger partial charge on any atom is -0.489 e. The molecule has 3 aromatic heterocycles. The molecular formula is C60H62N5O15P3S. The highest BCUT2D eigenvalue weighted by atomic mass is 32.1. The van der Waals surface area contributed by atoms with Gasteiger partial charge in [0.25, 0.3) is 0 Å². The Morgan fingerprint density at radius 3 is 1.00 bits per heavy atom. The van der Waals surface area contributed by atoms with Gasteiger partial charge in [-0.25, -0.2) is 9.97 Å². The minimum atomic E-state index is -4.47. The Morgan fingerprint density at radius 2 is 0.714 bits per heavy atom. The maximum Gasteiger partial charge on any atom is 0.362 e. The van der Waals surface area contributed by atoms with Crippen LogP contribution in [0.25, 0.3) is 90.9 Å². The molecule has 2 aliphatic heterocycles. The monoisotopic (exact) mass is 1220 g/mol. The fourth-order valence-electron chi connectivity index (χ4n) is 10.0. The van der Waals surface area contributed by atoms with Crippen molar-refractivity contribution in [3.8, 4) is 79.0 Å². The average Bonchev–Trinajstić information content (AvgIpc) is 1.80. The van der Waals surface area contributed by atoms with E-state index in [0.717, 1.165) is 26.9 Å². The molecule has 9 rings (SSSR count). The zero-order valence-corrected chi connectivity index (χ0v) is 51.0. The van der Waals surface area contributed by atoms with E-state index >= 15 is 0 Å². The van der Waals surface area contributed by atoms with E-state index in [1.54, 1.807) is 59.7 Å². The summed E-state index contributed by atoms with van der Waals surface area (Å²) in [6, 6.07) is 24.3. The lowest BCUT2D eigenvalue weighted by atomic mass is 10.0. The molecule has 7 aromatic rings. The highest BCUT2D eigenvalue weighted by Gasteiger charge is 2.35. The number of nitrogens with zero attached hydrogens (tertiary/aromatic N) is 3. The number of isothiocyanates is 1. The molecule has 438 valence electrons. The number of aromatic amines is 2. The van der Waals surface area contributed by atoms with Crippen LogP contribution >= 0.6 is 35.0 Å². The molecule has 0 spiro atoms. The number of nitrogens with one attached hydrogen (secondary N) is 2. The van der Waals surface area contributed by atoms with E-state index in [-0.39, 0.29) is 90.1 Å². The molecule has 3 atom stereocenters. The van der Waals surface area contributed by atoms with Gasteiger partial charge in [0, 0.05) is 82.3 Å². The normalized spacial score (nSPS) is 14.0.